The first-order valence-corrected chi connectivity index (χ1v) is 14.7. The molecule has 1 radical (unpaired) electrons. The molecule has 4 atom stereocenters. The van der Waals surface area contributed by atoms with Crippen molar-refractivity contribution in [2.45, 2.75) is 20.8 Å². The van der Waals surface area contributed by atoms with E-state index < -0.39 is 22.9 Å². The fraction of sp³-hybridized carbons (Fsp3) is 0.526. The first-order chi connectivity index (χ1) is 14.2. The standard InChI is InChI=1S/C19H21N7O2.In/c1-4-5-11(2)19-8-20-6-12(19)14(19)16-23-13(28-24-16)7-26-10-22-17-15(18(26)27)25(3)9-21-17;/h4-5,9-12,14,20H,1-2,6-8H2,3H3;/t11?,12-,14-,19-;/m0./s1. The van der Waals surface area contributed by atoms with Gasteiger partial charge in [-0.3, -0.25) is 0 Å². The fourth-order valence-corrected chi connectivity index (χ4v) is 9.74. The van der Waals surface area contributed by atoms with Crippen molar-refractivity contribution >= 4 is 34.1 Å². The molecule has 0 aromatic carbocycles. The van der Waals surface area contributed by atoms with Crippen molar-refractivity contribution in [2.75, 3.05) is 13.1 Å². The van der Waals surface area contributed by atoms with Crippen LogP contribution in [0, 0.1) is 17.3 Å². The van der Waals surface area contributed by atoms with E-state index in [0.29, 0.717) is 34.8 Å². The van der Waals surface area contributed by atoms with Crippen LogP contribution in [0.4, 0.5) is 0 Å². The van der Waals surface area contributed by atoms with E-state index in [1.807, 2.05) is 0 Å². The predicted molar refractivity (Wildman–Crippen MR) is 106 cm³/mol. The van der Waals surface area contributed by atoms with Crippen molar-refractivity contribution in [2.24, 2.45) is 24.3 Å². The number of imidazole rings is 1. The number of nitrogens with one attached hydrogen (secondary N) is 1. The molecule has 10 heteroatoms. The minimum atomic E-state index is -0.423. The summed E-state index contributed by atoms with van der Waals surface area (Å²) in [5, 5.41) is 7.89. The second-order valence-electron chi connectivity index (χ2n) is 8.37. The topological polar surface area (TPSA) is 104 Å². The number of fused-ring (bicyclic) bond motifs is 2. The summed E-state index contributed by atoms with van der Waals surface area (Å²) in [6.45, 7) is 2.30. The van der Waals surface area contributed by atoms with Crippen LogP contribution in [0.3, 0.4) is 0 Å². The van der Waals surface area contributed by atoms with Gasteiger partial charge in [0.05, 0.1) is 6.33 Å². The van der Waals surface area contributed by atoms with E-state index >= 15 is 0 Å². The molecular weight excluding hydrogens is 473 g/mol. The SMILES string of the molecule is Cn1cnc2ncn(Cc3nc([C@@H]4[C@@H]5CNC[C@@]45C4C=C[CH2][In][CH2]4)no3)c(=O)c21. The van der Waals surface area contributed by atoms with Crippen molar-refractivity contribution < 1.29 is 4.52 Å². The Bertz CT molecular complexity index is 1180. The third kappa shape index (κ3) is 2.61. The van der Waals surface area contributed by atoms with E-state index in [1.165, 1.54) is 19.2 Å². The fourth-order valence-electron chi connectivity index (χ4n) is 5.47. The van der Waals surface area contributed by atoms with Crippen molar-refractivity contribution in [3.8, 4) is 0 Å². The number of hydrogen-bond donors (Lipinski definition) is 1. The van der Waals surface area contributed by atoms with E-state index in [9.17, 15) is 4.79 Å². The van der Waals surface area contributed by atoms with E-state index in [4.69, 9.17) is 9.51 Å². The number of rotatable bonds is 4. The number of hydrogen-bond acceptors (Lipinski definition) is 7. The molecule has 1 N–H and O–H groups in total. The molecule has 9 nitrogen and oxygen atoms in total. The van der Waals surface area contributed by atoms with Gasteiger partial charge in [-0.1, -0.05) is 0 Å². The summed E-state index contributed by atoms with van der Waals surface area (Å²) in [5.74, 6) is 2.89. The molecule has 0 bridgehead atoms. The number of aryl methyl sites for hydroxylation is 1. The zero-order chi connectivity index (χ0) is 19.6. The number of allylic oxidation sites excluding steroid dienone is 2. The summed E-state index contributed by atoms with van der Waals surface area (Å²) in [5.41, 5.74) is 1.04. The average Bonchev–Trinajstić information content (AvgIpc) is 3.19. The van der Waals surface area contributed by atoms with Crippen LogP contribution in [0.1, 0.15) is 17.6 Å². The molecule has 3 aromatic heterocycles. The van der Waals surface area contributed by atoms with E-state index in [2.05, 4.69) is 32.6 Å². The Morgan fingerprint density at radius 1 is 1.38 bits per heavy atom. The Morgan fingerprint density at radius 2 is 2.28 bits per heavy atom. The first kappa shape index (κ1) is 17.9. The molecule has 1 unspecified atom stereocenters. The summed E-state index contributed by atoms with van der Waals surface area (Å²) in [6.07, 6.45) is 7.95. The molecule has 1 aliphatic carbocycles. The molecule has 1 saturated carbocycles. The summed E-state index contributed by atoms with van der Waals surface area (Å²) in [7, 11) is 1.79. The summed E-state index contributed by atoms with van der Waals surface area (Å²) in [4.78, 5) is 25.8. The van der Waals surface area contributed by atoms with Crippen LogP contribution < -0.4 is 10.9 Å². The Morgan fingerprint density at radius 3 is 3.14 bits per heavy atom. The van der Waals surface area contributed by atoms with Crippen LogP contribution in [0.15, 0.2) is 34.1 Å². The minimum absolute atomic E-state index is 0.155. The van der Waals surface area contributed by atoms with Crippen LogP contribution in [-0.2, 0) is 13.6 Å². The predicted octanol–water partition coefficient (Wildman–Crippen LogP) is 0.591. The first-order valence-electron chi connectivity index (χ1n) is 10.1. The normalized spacial score (nSPS) is 30.4. The van der Waals surface area contributed by atoms with Gasteiger partial charge in [-0.25, -0.2) is 4.98 Å². The second kappa shape index (κ2) is 6.53. The monoisotopic (exact) mass is 494 g/mol. The molecule has 3 aliphatic rings. The van der Waals surface area contributed by atoms with Gasteiger partial charge < -0.3 is 0 Å². The van der Waals surface area contributed by atoms with Gasteiger partial charge >= 0.3 is 160 Å². The van der Waals surface area contributed by atoms with Crippen LogP contribution in [-0.4, -0.2) is 65.2 Å². The number of piperidine rings is 1. The Balaban J connectivity index is 1.28. The number of aromatic nitrogens is 6. The van der Waals surface area contributed by atoms with Gasteiger partial charge in [0.25, 0.3) is 0 Å². The molecule has 2 aliphatic heterocycles. The maximum absolute atomic E-state index is 12.7. The van der Waals surface area contributed by atoms with Crippen LogP contribution in [0.2, 0.25) is 8.35 Å². The zero-order valence-electron chi connectivity index (χ0n) is 16.2. The van der Waals surface area contributed by atoms with Crippen molar-refractivity contribution in [3.63, 3.8) is 0 Å². The Labute approximate surface area is 178 Å². The van der Waals surface area contributed by atoms with Crippen LogP contribution >= 0.6 is 0 Å². The molecule has 6 rings (SSSR count). The van der Waals surface area contributed by atoms with Gasteiger partial charge in [0.1, 0.15) is 0 Å². The Hall–Kier alpha value is -1.94. The summed E-state index contributed by atoms with van der Waals surface area (Å²) < 4.78 is 11.5. The maximum atomic E-state index is 12.7. The third-order valence-corrected chi connectivity index (χ3v) is 11.0. The van der Waals surface area contributed by atoms with Crippen LogP contribution in [0.5, 0.6) is 0 Å². The summed E-state index contributed by atoms with van der Waals surface area (Å²) in [6, 6.07) is 0. The molecule has 5 heterocycles. The molecule has 0 amide bonds. The molecule has 3 aromatic rings. The molecule has 1 saturated heterocycles. The second-order valence-corrected chi connectivity index (χ2v) is 12.7. The zero-order valence-corrected chi connectivity index (χ0v) is 19.4. The molecule has 147 valence electrons. The third-order valence-electron chi connectivity index (χ3n) is 6.91. The van der Waals surface area contributed by atoms with E-state index in [0.717, 1.165) is 18.9 Å². The quantitative estimate of drug-likeness (QED) is 0.530. The van der Waals surface area contributed by atoms with Crippen molar-refractivity contribution in [1.82, 2.24) is 34.6 Å². The Kier molecular flexibility index (Phi) is 4.03. The van der Waals surface area contributed by atoms with Gasteiger partial charge in [-0.15, -0.1) is 0 Å². The molecule has 0 spiro atoms. The van der Waals surface area contributed by atoms with E-state index in [1.54, 1.807) is 17.9 Å². The van der Waals surface area contributed by atoms with Gasteiger partial charge in [0.15, 0.2) is 0 Å². The summed E-state index contributed by atoms with van der Waals surface area (Å²) >= 11 is -0.423. The van der Waals surface area contributed by atoms with Crippen molar-refractivity contribution in [3.05, 3.63) is 46.9 Å². The van der Waals surface area contributed by atoms with Crippen molar-refractivity contribution in [1.29, 1.82) is 0 Å². The van der Waals surface area contributed by atoms with Gasteiger partial charge in [0.2, 0.25) is 0 Å². The van der Waals surface area contributed by atoms with Gasteiger partial charge in [-0.05, 0) is 0 Å². The van der Waals surface area contributed by atoms with Gasteiger partial charge in [0, 0.05) is 7.05 Å². The molecule has 2 fully saturated rings. The van der Waals surface area contributed by atoms with E-state index in [-0.39, 0.29) is 17.5 Å². The number of nitrogens with zero attached hydrogens (tertiary/aromatic N) is 6. The van der Waals surface area contributed by atoms with Crippen LogP contribution in [0.25, 0.3) is 11.2 Å². The van der Waals surface area contributed by atoms with Gasteiger partial charge in [-0.2, -0.15) is 0 Å². The average molecular weight is 494 g/mol. The molecular formula is C19H21InN7O2. The molecule has 29 heavy (non-hydrogen) atoms.